The average molecular weight is 445 g/mol. The van der Waals surface area contributed by atoms with Crippen LogP contribution in [0.2, 0.25) is 0 Å². The summed E-state index contributed by atoms with van der Waals surface area (Å²) in [6.07, 6.45) is 2.32. The third-order valence-corrected chi connectivity index (χ3v) is 5.30. The van der Waals surface area contributed by atoms with E-state index >= 15 is 0 Å². The molecule has 0 radical (unpaired) electrons. The first-order valence-corrected chi connectivity index (χ1v) is 11.1. The van der Waals surface area contributed by atoms with Crippen LogP contribution in [-0.2, 0) is 11.3 Å². The van der Waals surface area contributed by atoms with Gasteiger partial charge in [0.2, 0.25) is 5.91 Å². The first kappa shape index (κ1) is 22.4. The molecule has 1 aliphatic heterocycles. The van der Waals surface area contributed by atoms with Crippen molar-refractivity contribution in [3.05, 3.63) is 63.7 Å². The Bertz CT molecular complexity index is 968. The maximum atomic E-state index is 12.8. The van der Waals surface area contributed by atoms with Crippen molar-refractivity contribution in [2.75, 3.05) is 25.2 Å². The predicted molar refractivity (Wildman–Crippen MR) is 117 cm³/mol. The van der Waals surface area contributed by atoms with Gasteiger partial charge in [-0.3, -0.25) is 19.7 Å². The number of hydrogen-bond acceptors (Lipinski definition) is 7. The zero-order chi connectivity index (χ0) is 22.2. The van der Waals surface area contributed by atoms with E-state index in [2.05, 4.69) is 10.6 Å². The second-order valence-corrected chi connectivity index (χ2v) is 7.76. The first-order valence-electron chi connectivity index (χ1n) is 9.69. The molecular weight excluding hydrogens is 422 g/mol. The summed E-state index contributed by atoms with van der Waals surface area (Å²) in [6, 6.07) is 10.1. The van der Waals surface area contributed by atoms with Crippen molar-refractivity contribution in [2.24, 2.45) is 0 Å². The van der Waals surface area contributed by atoms with Crippen molar-refractivity contribution < 1.29 is 24.0 Å². The molecule has 1 heterocycles. The number of benzene rings is 2. The van der Waals surface area contributed by atoms with Crippen LogP contribution in [0.15, 0.2) is 42.5 Å². The molecular formula is C21H23N3O6S. The molecule has 9 nitrogen and oxygen atoms in total. The van der Waals surface area contributed by atoms with Crippen LogP contribution in [0.1, 0.15) is 22.3 Å². The number of para-hydroxylation sites is 1. The SMILES string of the molecule is CSCCC(NC(=O)c1cccc([N+](=O)[O-])c1)C(=O)NCc1cccc2c1OCCO2. The Balaban J connectivity index is 1.67. The van der Waals surface area contributed by atoms with E-state index < -0.39 is 16.9 Å². The van der Waals surface area contributed by atoms with E-state index in [1.807, 2.05) is 18.4 Å². The number of thioether (sulfide) groups is 1. The number of carbonyl (C=O) groups excluding carboxylic acids is 2. The van der Waals surface area contributed by atoms with Crippen LogP contribution in [0.5, 0.6) is 11.5 Å². The van der Waals surface area contributed by atoms with Crippen LogP contribution >= 0.6 is 11.8 Å². The lowest BCUT2D eigenvalue weighted by Gasteiger charge is -2.22. The third kappa shape index (κ3) is 5.88. The minimum atomic E-state index is -0.782. The number of hydrogen-bond donors (Lipinski definition) is 2. The van der Waals surface area contributed by atoms with Crippen molar-refractivity contribution in [1.29, 1.82) is 0 Å². The molecule has 1 atom stereocenters. The molecule has 0 spiro atoms. The Morgan fingerprint density at radius 3 is 2.74 bits per heavy atom. The van der Waals surface area contributed by atoms with Crippen molar-refractivity contribution in [3.8, 4) is 11.5 Å². The molecule has 2 aromatic carbocycles. The molecule has 0 fully saturated rings. The molecule has 31 heavy (non-hydrogen) atoms. The largest absolute Gasteiger partial charge is 0.486 e. The summed E-state index contributed by atoms with van der Waals surface area (Å²) in [7, 11) is 0. The molecule has 0 saturated carbocycles. The van der Waals surface area contributed by atoms with Gasteiger partial charge >= 0.3 is 0 Å². The number of nitrogens with zero attached hydrogens (tertiary/aromatic N) is 1. The van der Waals surface area contributed by atoms with Gasteiger partial charge in [-0.1, -0.05) is 18.2 Å². The van der Waals surface area contributed by atoms with Gasteiger partial charge in [0.25, 0.3) is 11.6 Å². The Morgan fingerprint density at radius 1 is 1.19 bits per heavy atom. The number of rotatable bonds is 9. The molecule has 2 N–H and O–H groups in total. The van der Waals surface area contributed by atoms with Gasteiger partial charge in [-0.25, -0.2) is 0 Å². The van der Waals surface area contributed by atoms with Crippen molar-refractivity contribution in [3.63, 3.8) is 0 Å². The number of nitro groups is 1. The lowest BCUT2D eigenvalue weighted by atomic mass is 10.1. The summed E-state index contributed by atoms with van der Waals surface area (Å²) in [5.41, 5.74) is 0.715. The Morgan fingerprint density at radius 2 is 1.97 bits per heavy atom. The van der Waals surface area contributed by atoms with E-state index in [0.717, 1.165) is 5.56 Å². The summed E-state index contributed by atoms with van der Waals surface area (Å²) in [5, 5.41) is 16.5. The first-order chi connectivity index (χ1) is 15.0. The summed E-state index contributed by atoms with van der Waals surface area (Å²) >= 11 is 1.55. The van der Waals surface area contributed by atoms with E-state index in [0.29, 0.717) is 36.9 Å². The number of non-ortho nitro benzene ring substituents is 1. The molecule has 10 heteroatoms. The molecule has 0 bridgehead atoms. The van der Waals surface area contributed by atoms with Crippen LogP contribution in [0.4, 0.5) is 5.69 Å². The van der Waals surface area contributed by atoms with E-state index in [9.17, 15) is 19.7 Å². The van der Waals surface area contributed by atoms with Gasteiger partial charge in [-0.2, -0.15) is 11.8 Å². The smallest absolute Gasteiger partial charge is 0.270 e. The highest BCUT2D eigenvalue weighted by atomic mass is 32.2. The van der Waals surface area contributed by atoms with Crippen LogP contribution in [0.3, 0.4) is 0 Å². The normalized spacial score (nSPS) is 13.2. The number of carbonyl (C=O) groups is 2. The third-order valence-electron chi connectivity index (χ3n) is 4.65. The van der Waals surface area contributed by atoms with Crippen LogP contribution in [0, 0.1) is 10.1 Å². The number of nitrogens with one attached hydrogen (secondary N) is 2. The lowest BCUT2D eigenvalue weighted by molar-refractivity contribution is -0.384. The molecule has 164 valence electrons. The second kappa shape index (κ2) is 10.7. The Labute approximate surface area is 183 Å². The van der Waals surface area contributed by atoms with Gasteiger partial charge in [0.1, 0.15) is 19.3 Å². The van der Waals surface area contributed by atoms with Gasteiger partial charge in [0, 0.05) is 29.8 Å². The molecule has 0 saturated heterocycles. The van der Waals surface area contributed by atoms with Gasteiger partial charge in [0.15, 0.2) is 11.5 Å². The quantitative estimate of drug-likeness (QED) is 0.450. The molecule has 1 unspecified atom stereocenters. The number of ether oxygens (including phenoxy) is 2. The lowest BCUT2D eigenvalue weighted by Crippen LogP contribution is -2.47. The molecule has 0 aromatic heterocycles. The van der Waals surface area contributed by atoms with E-state index in [1.165, 1.54) is 24.3 Å². The van der Waals surface area contributed by atoms with Crippen molar-refractivity contribution >= 4 is 29.3 Å². The molecule has 3 rings (SSSR count). The fraction of sp³-hybridized carbons (Fsp3) is 0.333. The second-order valence-electron chi connectivity index (χ2n) is 6.77. The summed E-state index contributed by atoms with van der Waals surface area (Å²) < 4.78 is 11.2. The van der Waals surface area contributed by atoms with E-state index in [4.69, 9.17) is 9.47 Å². The maximum Gasteiger partial charge on any atom is 0.270 e. The van der Waals surface area contributed by atoms with E-state index in [-0.39, 0.29) is 23.7 Å². The van der Waals surface area contributed by atoms with Gasteiger partial charge < -0.3 is 20.1 Å². The molecule has 2 amide bonds. The van der Waals surface area contributed by atoms with Crippen LogP contribution < -0.4 is 20.1 Å². The molecule has 1 aliphatic rings. The summed E-state index contributed by atoms with van der Waals surface area (Å²) in [5.74, 6) is 1.01. The average Bonchev–Trinajstić information content (AvgIpc) is 2.80. The standard InChI is InChI=1S/C21H23N3O6S/c1-31-11-8-17(23-20(25)14-4-2-6-16(12-14)24(27)28)21(26)22-13-15-5-3-7-18-19(15)30-10-9-29-18/h2-7,12,17H,8-11,13H2,1H3,(H,22,26)(H,23,25). The summed E-state index contributed by atoms with van der Waals surface area (Å²) in [6.45, 7) is 1.13. The molecule has 0 aliphatic carbocycles. The highest BCUT2D eigenvalue weighted by Gasteiger charge is 2.23. The fourth-order valence-electron chi connectivity index (χ4n) is 3.09. The zero-order valence-electron chi connectivity index (χ0n) is 17.0. The predicted octanol–water partition coefficient (Wildman–Crippen LogP) is 2.53. The van der Waals surface area contributed by atoms with Gasteiger partial charge in [0.05, 0.1) is 4.92 Å². The number of fused-ring (bicyclic) bond motifs is 1. The fourth-order valence-corrected chi connectivity index (χ4v) is 3.56. The van der Waals surface area contributed by atoms with Crippen molar-refractivity contribution in [1.82, 2.24) is 10.6 Å². The van der Waals surface area contributed by atoms with E-state index in [1.54, 1.807) is 17.8 Å². The highest BCUT2D eigenvalue weighted by Crippen LogP contribution is 2.33. The molecule has 2 aromatic rings. The Hall–Kier alpha value is -3.27. The maximum absolute atomic E-state index is 12.8. The monoisotopic (exact) mass is 445 g/mol. The highest BCUT2D eigenvalue weighted by molar-refractivity contribution is 7.98. The van der Waals surface area contributed by atoms with Crippen LogP contribution in [0.25, 0.3) is 0 Å². The number of amides is 2. The number of nitro benzene ring substituents is 1. The van der Waals surface area contributed by atoms with Gasteiger partial charge in [-0.15, -0.1) is 0 Å². The van der Waals surface area contributed by atoms with Crippen LogP contribution in [-0.4, -0.2) is 48.0 Å². The zero-order valence-corrected chi connectivity index (χ0v) is 17.8. The van der Waals surface area contributed by atoms with Gasteiger partial charge in [-0.05, 0) is 30.6 Å². The van der Waals surface area contributed by atoms with Crippen molar-refractivity contribution in [2.45, 2.75) is 19.0 Å². The topological polar surface area (TPSA) is 120 Å². The Kier molecular flexibility index (Phi) is 7.71. The minimum absolute atomic E-state index is 0.124. The summed E-state index contributed by atoms with van der Waals surface area (Å²) in [4.78, 5) is 35.8. The minimum Gasteiger partial charge on any atom is -0.486 e.